The van der Waals surface area contributed by atoms with Gasteiger partial charge in [-0.3, -0.25) is 9.69 Å². The fourth-order valence-electron chi connectivity index (χ4n) is 4.09. The molecule has 136 valence electrons. The number of anilines is 2. The molecule has 1 aromatic rings. The lowest BCUT2D eigenvalue weighted by Gasteiger charge is -2.42. The van der Waals surface area contributed by atoms with Crippen LogP contribution in [0.2, 0.25) is 0 Å². The fourth-order valence-corrected chi connectivity index (χ4v) is 4.09. The van der Waals surface area contributed by atoms with Crippen molar-refractivity contribution in [3.63, 3.8) is 0 Å². The van der Waals surface area contributed by atoms with E-state index in [1.165, 1.54) is 6.33 Å². The number of likely N-dealkylation sites (tertiary alicyclic amines) is 1. The van der Waals surface area contributed by atoms with E-state index < -0.39 is 0 Å². The number of nitrogen functional groups attached to an aromatic ring is 1. The van der Waals surface area contributed by atoms with Gasteiger partial charge in [0.2, 0.25) is 5.91 Å². The van der Waals surface area contributed by atoms with Crippen LogP contribution in [0.4, 0.5) is 11.6 Å². The number of hydrogen-bond donors (Lipinski definition) is 2. The molecule has 7 nitrogen and oxygen atoms in total. The van der Waals surface area contributed by atoms with Crippen LogP contribution in [0, 0.1) is 5.92 Å². The molecule has 1 aromatic heterocycles. The Morgan fingerprint density at radius 1 is 1.12 bits per heavy atom. The lowest BCUT2D eigenvalue weighted by atomic mass is 9.93. The van der Waals surface area contributed by atoms with Crippen molar-refractivity contribution in [2.45, 2.75) is 50.6 Å². The molecule has 1 aliphatic carbocycles. The highest BCUT2D eigenvalue weighted by atomic mass is 16.2. The third-order valence-corrected chi connectivity index (χ3v) is 5.73. The van der Waals surface area contributed by atoms with Crippen LogP contribution < -0.4 is 16.0 Å². The first-order chi connectivity index (χ1) is 12.2. The fraction of sp³-hybridized carbons (Fsp3) is 0.722. The molecule has 0 radical (unpaired) electrons. The van der Waals surface area contributed by atoms with Gasteiger partial charge in [0.05, 0.1) is 5.92 Å². The van der Waals surface area contributed by atoms with E-state index >= 15 is 0 Å². The minimum Gasteiger partial charge on any atom is -0.384 e. The summed E-state index contributed by atoms with van der Waals surface area (Å²) in [5.74, 6) is 1.90. The average molecular weight is 344 g/mol. The van der Waals surface area contributed by atoms with Gasteiger partial charge < -0.3 is 16.0 Å². The molecule has 1 amide bonds. The Morgan fingerprint density at radius 3 is 2.64 bits per heavy atom. The molecule has 1 saturated carbocycles. The first-order valence-electron chi connectivity index (χ1n) is 9.56. The van der Waals surface area contributed by atoms with Gasteiger partial charge in [0.15, 0.2) is 0 Å². The maximum Gasteiger partial charge on any atom is 0.224 e. The molecule has 2 aliphatic heterocycles. The Morgan fingerprint density at radius 2 is 1.92 bits per heavy atom. The van der Waals surface area contributed by atoms with Crippen LogP contribution in [0.25, 0.3) is 0 Å². The number of nitrogens with two attached hydrogens (primary N) is 1. The molecule has 2 saturated heterocycles. The van der Waals surface area contributed by atoms with Crippen molar-refractivity contribution in [2.24, 2.45) is 5.92 Å². The van der Waals surface area contributed by atoms with Crippen LogP contribution in [0.3, 0.4) is 0 Å². The summed E-state index contributed by atoms with van der Waals surface area (Å²) in [6, 6.07) is 2.89. The predicted octanol–water partition coefficient (Wildman–Crippen LogP) is 1.02. The third kappa shape index (κ3) is 4.03. The van der Waals surface area contributed by atoms with E-state index in [-0.39, 0.29) is 11.8 Å². The van der Waals surface area contributed by atoms with Crippen molar-refractivity contribution in [1.29, 1.82) is 0 Å². The van der Waals surface area contributed by atoms with Crippen molar-refractivity contribution >= 4 is 17.5 Å². The van der Waals surface area contributed by atoms with Crippen molar-refractivity contribution in [1.82, 2.24) is 20.2 Å². The number of piperidine rings is 2. The van der Waals surface area contributed by atoms with Gasteiger partial charge in [0, 0.05) is 37.8 Å². The summed E-state index contributed by atoms with van der Waals surface area (Å²) in [4.78, 5) is 25.5. The number of nitrogens with one attached hydrogen (secondary N) is 1. The Bertz CT molecular complexity index is 611. The standard InChI is InChI=1S/C18H28N6O/c19-16-10-17(21-12-20-16)23-8-5-15(6-9-23)24-7-1-2-13(11-24)18(25)22-14-3-4-14/h10,12-15H,1-9,11H2,(H,22,25)(H2,19,20,21). The van der Waals surface area contributed by atoms with Gasteiger partial charge in [-0.05, 0) is 45.1 Å². The molecule has 3 fully saturated rings. The van der Waals surface area contributed by atoms with Crippen molar-refractivity contribution < 1.29 is 4.79 Å². The molecule has 0 bridgehead atoms. The van der Waals surface area contributed by atoms with E-state index in [4.69, 9.17) is 5.73 Å². The second-order valence-electron chi connectivity index (χ2n) is 7.64. The molecule has 1 atom stereocenters. The summed E-state index contributed by atoms with van der Waals surface area (Å²) in [5, 5.41) is 3.18. The molecule has 3 aliphatic rings. The summed E-state index contributed by atoms with van der Waals surface area (Å²) >= 11 is 0. The Hall–Kier alpha value is -1.89. The highest BCUT2D eigenvalue weighted by Crippen LogP contribution is 2.27. The number of hydrogen-bond acceptors (Lipinski definition) is 6. The van der Waals surface area contributed by atoms with E-state index in [9.17, 15) is 4.79 Å². The Kier molecular flexibility index (Phi) is 4.74. The predicted molar refractivity (Wildman–Crippen MR) is 97.1 cm³/mol. The lowest BCUT2D eigenvalue weighted by molar-refractivity contribution is -0.127. The zero-order chi connectivity index (χ0) is 17.2. The van der Waals surface area contributed by atoms with Crippen LogP contribution in [0.15, 0.2) is 12.4 Å². The van der Waals surface area contributed by atoms with E-state index in [0.717, 1.165) is 70.5 Å². The summed E-state index contributed by atoms with van der Waals surface area (Å²) in [6.07, 6.45) is 8.24. The maximum atomic E-state index is 12.4. The summed E-state index contributed by atoms with van der Waals surface area (Å²) in [6.45, 7) is 4.01. The molecule has 25 heavy (non-hydrogen) atoms. The van der Waals surface area contributed by atoms with Gasteiger partial charge in [-0.1, -0.05) is 0 Å². The zero-order valence-electron chi connectivity index (χ0n) is 14.7. The minimum atomic E-state index is 0.175. The smallest absolute Gasteiger partial charge is 0.224 e. The third-order valence-electron chi connectivity index (χ3n) is 5.73. The van der Waals surface area contributed by atoms with Crippen LogP contribution in [0.5, 0.6) is 0 Å². The minimum absolute atomic E-state index is 0.175. The Balaban J connectivity index is 1.30. The van der Waals surface area contributed by atoms with Crippen LogP contribution in [0.1, 0.15) is 38.5 Å². The van der Waals surface area contributed by atoms with Gasteiger partial charge in [0.1, 0.15) is 18.0 Å². The van der Waals surface area contributed by atoms with Gasteiger partial charge in [-0.25, -0.2) is 9.97 Å². The monoisotopic (exact) mass is 344 g/mol. The number of nitrogens with zero attached hydrogens (tertiary/aromatic N) is 4. The molecular formula is C18H28N6O. The molecule has 0 spiro atoms. The lowest BCUT2D eigenvalue weighted by Crippen LogP contribution is -2.51. The van der Waals surface area contributed by atoms with E-state index in [2.05, 4.69) is 25.1 Å². The largest absolute Gasteiger partial charge is 0.384 e. The maximum absolute atomic E-state index is 12.4. The molecule has 3 N–H and O–H groups in total. The number of carbonyl (C=O) groups is 1. The van der Waals surface area contributed by atoms with Crippen LogP contribution in [-0.2, 0) is 4.79 Å². The van der Waals surface area contributed by atoms with Crippen molar-refractivity contribution in [3.05, 3.63) is 12.4 Å². The molecular weight excluding hydrogens is 316 g/mol. The van der Waals surface area contributed by atoms with Gasteiger partial charge in [0.25, 0.3) is 0 Å². The number of carbonyl (C=O) groups excluding carboxylic acids is 1. The second-order valence-corrected chi connectivity index (χ2v) is 7.64. The highest BCUT2D eigenvalue weighted by Gasteiger charge is 2.33. The quantitative estimate of drug-likeness (QED) is 0.848. The van der Waals surface area contributed by atoms with Crippen molar-refractivity contribution in [3.8, 4) is 0 Å². The summed E-state index contributed by atoms with van der Waals surface area (Å²) in [7, 11) is 0. The SMILES string of the molecule is Nc1cc(N2CCC(N3CCCC(C(=O)NC4CC4)C3)CC2)ncn1. The number of amides is 1. The molecule has 0 aromatic carbocycles. The topological polar surface area (TPSA) is 87.4 Å². The van der Waals surface area contributed by atoms with E-state index in [1.54, 1.807) is 0 Å². The zero-order valence-corrected chi connectivity index (χ0v) is 14.7. The van der Waals surface area contributed by atoms with Gasteiger partial charge in [-0.15, -0.1) is 0 Å². The van der Waals surface area contributed by atoms with E-state index in [0.29, 0.717) is 17.9 Å². The second kappa shape index (κ2) is 7.15. The first-order valence-corrected chi connectivity index (χ1v) is 9.56. The van der Waals surface area contributed by atoms with Gasteiger partial charge in [-0.2, -0.15) is 0 Å². The summed E-state index contributed by atoms with van der Waals surface area (Å²) in [5.41, 5.74) is 5.77. The first kappa shape index (κ1) is 16.6. The van der Waals surface area contributed by atoms with Gasteiger partial charge >= 0.3 is 0 Å². The molecule has 1 unspecified atom stereocenters. The molecule has 3 heterocycles. The Labute approximate surface area is 149 Å². The van der Waals surface area contributed by atoms with Crippen molar-refractivity contribution in [2.75, 3.05) is 36.8 Å². The molecule has 7 heteroatoms. The molecule has 4 rings (SSSR count). The number of rotatable bonds is 4. The summed E-state index contributed by atoms with van der Waals surface area (Å²) < 4.78 is 0. The van der Waals surface area contributed by atoms with E-state index in [1.807, 2.05) is 6.07 Å². The van der Waals surface area contributed by atoms with Crippen LogP contribution >= 0.6 is 0 Å². The normalized spacial score (nSPS) is 25.8. The average Bonchev–Trinajstić information content (AvgIpc) is 3.46. The van der Waals surface area contributed by atoms with Crippen LogP contribution in [-0.4, -0.2) is 59.0 Å². The number of aromatic nitrogens is 2. The highest BCUT2D eigenvalue weighted by molar-refractivity contribution is 5.79.